The van der Waals surface area contributed by atoms with Crippen molar-refractivity contribution in [2.75, 3.05) is 0 Å². The van der Waals surface area contributed by atoms with Gasteiger partial charge in [0, 0.05) is 0 Å². The maximum Gasteiger partial charge on any atom is 0.174 e. The van der Waals surface area contributed by atoms with Crippen molar-refractivity contribution in [1.82, 2.24) is 10.2 Å². The largest absolute Gasteiger partial charge is 0.351 e. The van der Waals surface area contributed by atoms with E-state index in [9.17, 15) is 0 Å². The molecule has 1 aliphatic heterocycles. The fourth-order valence-electron chi connectivity index (χ4n) is 1.73. The molecule has 0 aromatic heterocycles. The van der Waals surface area contributed by atoms with Gasteiger partial charge in [-0.2, -0.15) is 0 Å². The fraction of sp³-hybridized carbons (Fsp3) is 0.333. The molecule has 0 amide bonds. The number of hydrogen-bond donors (Lipinski definition) is 1. The molecule has 1 fully saturated rings. The van der Waals surface area contributed by atoms with Gasteiger partial charge in [-0.25, -0.2) is 0 Å². The summed E-state index contributed by atoms with van der Waals surface area (Å²) in [5, 5.41) is 3.95. The Morgan fingerprint density at radius 1 is 1.19 bits per heavy atom. The molecule has 16 heavy (non-hydrogen) atoms. The topological polar surface area (TPSA) is 15.3 Å². The summed E-state index contributed by atoms with van der Waals surface area (Å²) < 4.78 is 0. The first-order valence-corrected chi connectivity index (χ1v) is 6.00. The van der Waals surface area contributed by atoms with Crippen LogP contribution in [0.15, 0.2) is 30.3 Å². The second kappa shape index (κ2) is 4.11. The van der Waals surface area contributed by atoms with Crippen molar-refractivity contribution in [3.63, 3.8) is 0 Å². The van der Waals surface area contributed by atoms with E-state index in [4.69, 9.17) is 24.4 Å². The minimum atomic E-state index is -0.207. The SMILES string of the molecule is CC1(C)NC(=S)N(Cc2ccccc2)C1=S. The van der Waals surface area contributed by atoms with Crippen LogP contribution in [0.25, 0.3) is 0 Å². The van der Waals surface area contributed by atoms with E-state index in [1.165, 1.54) is 5.56 Å². The van der Waals surface area contributed by atoms with Crippen LogP contribution in [-0.2, 0) is 6.54 Å². The summed E-state index contributed by atoms with van der Waals surface area (Å²) in [6.07, 6.45) is 0. The number of nitrogens with zero attached hydrogens (tertiary/aromatic N) is 1. The fourth-order valence-corrected chi connectivity index (χ4v) is 2.40. The molecule has 2 nitrogen and oxygen atoms in total. The van der Waals surface area contributed by atoms with Gasteiger partial charge in [0.2, 0.25) is 0 Å². The van der Waals surface area contributed by atoms with Gasteiger partial charge in [0.1, 0.15) is 4.99 Å². The second-order valence-corrected chi connectivity index (χ2v) is 5.21. The van der Waals surface area contributed by atoms with E-state index in [0.29, 0.717) is 0 Å². The first-order valence-electron chi connectivity index (χ1n) is 5.19. The molecule has 0 bridgehead atoms. The van der Waals surface area contributed by atoms with Crippen molar-refractivity contribution in [3.05, 3.63) is 35.9 Å². The number of rotatable bonds is 2. The number of benzene rings is 1. The Bertz CT molecular complexity index is 426. The number of nitrogens with one attached hydrogen (secondary N) is 1. The molecule has 0 atom stereocenters. The predicted octanol–water partition coefficient (Wildman–Crippen LogP) is 2.48. The molecule has 1 aromatic rings. The zero-order chi connectivity index (χ0) is 11.8. The van der Waals surface area contributed by atoms with Crippen LogP contribution in [0.4, 0.5) is 0 Å². The average Bonchev–Trinajstić information content (AvgIpc) is 2.42. The minimum absolute atomic E-state index is 0.207. The van der Waals surface area contributed by atoms with E-state index in [-0.39, 0.29) is 5.54 Å². The molecule has 0 unspecified atom stereocenters. The maximum atomic E-state index is 5.43. The van der Waals surface area contributed by atoms with Crippen LogP contribution < -0.4 is 5.32 Å². The summed E-state index contributed by atoms with van der Waals surface area (Å²) in [4.78, 5) is 2.85. The Balaban J connectivity index is 2.18. The van der Waals surface area contributed by atoms with E-state index in [0.717, 1.165) is 16.6 Å². The Morgan fingerprint density at radius 2 is 1.81 bits per heavy atom. The van der Waals surface area contributed by atoms with Gasteiger partial charge in [0.05, 0.1) is 12.1 Å². The van der Waals surface area contributed by atoms with Gasteiger partial charge >= 0.3 is 0 Å². The first kappa shape index (κ1) is 11.5. The highest BCUT2D eigenvalue weighted by molar-refractivity contribution is 7.82. The van der Waals surface area contributed by atoms with Gasteiger partial charge in [-0.3, -0.25) is 0 Å². The highest BCUT2D eigenvalue weighted by Crippen LogP contribution is 2.20. The lowest BCUT2D eigenvalue weighted by atomic mass is 10.1. The van der Waals surface area contributed by atoms with Crippen LogP contribution >= 0.6 is 24.4 Å². The third-order valence-electron chi connectivity index (χ3n) is 2.63. The molecular formula is C12H14N2S2. The minimum Gasteiger partial charge on any atom is -0.351 e. The average molecular weight is 250 g/mol. The molecule has 1 aliphatic rings. The molecule has 1 aromatic carbocycles. The molecule has 84 valence electrons. The summed E-state index contributed by atoms with van der Waals surface area (Å²) in [7, 11) is 0. The van der Waals surface area contributed by atoms with Crippen LogP contribution in [-0.4, -0.2) is 20.5 Å². The Hall–Kier alpha value is -1.00. The van der Waals surface area contributed by atoms with E-state index in [1.54, 1.807) is 0 Å². The Labute approximate surface area is 107 Å². The highest BCUT2D eigenvalue weighted by Gasteiger charge is 2.37. The van der Waals surface area contributed by atoms with Crippen LogP contribution in [0.2, 0.25) is 0 Å². The third kappa shape index (κ3) is 2.08. The molecule has 4 heteroatoms. The summed E-state index contributed by atoms with van der Waals surface area (Å²) >= 11 is 10.7. The third-order valence-corrected chi connectivity index (χ3v) is 3.68. The zero-order valence-corrected chi connectivity index (χ0v) is 11.0. The Kier molecular flexibility index (Phi) is 2.95. The quantitative estimate of drug-likeness (QED) is 0.811. The monoisotopic (exact) mass is 250 g/mol. The van der Waals surface area contributed by atoms with Crippen LogP contribution in [0.1, 0.15) is 19.4 Å². The molecule has 0 radical (unpaired) electrons. The maximum absolute atomic E-state index is 5.43. The number of thiocarbonyl (C=S) groups is 2. The summed E-state index contributed by atoms with van der Waals surface area (Å²) in [6.45, 7) is 4.84. The van der Waals surface area contributed by atoms with Crippen molar-refractivity contribution in [1.29, 1.82) is 0 Å². The molecule has 1 heterocycles. The summed E-state index contributed by atoms with van der Waals surface area (Å²) in [5.74, 6) is 0. The predicted molar refractivity (Wildman–Crippen MR) is 74.4 cm³/mol. The second-order valence-electron chi connectivity index (χ2n) is 4.43. The smallest absolute Gasteiger partial charge is 0.174 e. The van der Waals surface area contributed by atoms with Gasteiger partial charge in [-0.05, 0) is 31.6 Å². The van der Waals surface area contributed by atoms with Crippen LogP contribution in [0.5, 0.6) is 0 Å². The van der Waals surface area contributed by atoms with Crippen molar-refractivity contribution < 1.29 is 0 Å². The Morgan fingerprint density at radius 3 is 2.31 bits per heavy atom. The lowest BCUT2D eigenvalue weighted by Crippen LogP contribution is -2.39. The van der Waals surface area contributed by atoms with E-state index >= 15 is 0 Å². The molecule has 0 saturated carbocycles. The molecule has 2 rings (SSSR count). The zero-order valence-electron chi connectivity index (χ0n) is 9.36. The molecular weight excluding hydrogens is 236 g/mol. The molecule has 1 saturated heterocycles. The van der Waals surface area contributed by atoms with Gasteiger partial charge in [-0.1, -0.05) is 42.5 Å². The summed E-state index contributed by atoms with van der Waals surface area (Å²) in [6, 6.07) is 10.2. The molecule has 0 spiro atoms. The normalized spacial score (nSPS) is 18.8. The lowest BCUT2D eigenvalue weighted by Gasteiger charge is -2.20. The van der Waals surface area contributed by atoms with Crippen molar-refractivity contribution >= 4 is 34.5 Å². The van der Waals surface area contributed by atoms with Crippen LogP contribution in [0.3, 0.4) is 0 Å². The van der Waals surface area contributed by atoms with E-state index in [2.05, 4.69) is 17.4 Å². The van der Waals surface area contributed by atoms with Gasteiger partial charge < -0.3 is 10.2 Å². The van der Waals surface area contributed by atoms with Crippen LogP contribution in [0, 0.1) is 0 Å². The van der Waals surface area contributed by atoms with E-state index in [1.807, 2.05) is 36.9 Å². The lowest BCUT2D eigenvalue weighted by molar-refractivity contribution is 0.610. The highest BCUT2D eigenvalue weighted by atomic mass is 32.1. The van der Waals surface area contributed by atoms with Gasteiger partial charge in [-0.15, -0.1) is 0 Å². The van der Waals surface area contributed by atoms with Crippen molar-refractivity contribution in [2.24, 2.45) is 0 Å². The van der Waals surface area contributed by atoms with Crippen molar-refractivity contribution in [3.8, 4) is 0 Å². The van der Waals surface area contributed by atoms with Gasteiger partial charge in [0.25, 0.3) is 0 Å². The molecule has 0 aliphatic carbocycles. The van der Waals surface area contributed by atoms with E-state index < -0.39 is 0 Å². The molecule has 1 N–H and O–H groups in total. The number of hydrogen-bond acceptors (Lipinski definition) is 2. The van der Waals surface area contributed by atoms with Crippen molar-refractivity contribution in [2.45, 2.75) is 25.9 Å². The van der Waals surface area contributed by atoms with Gasteiger partial charge in [0.15, 0.2) is 5.11 Å². The first-order chi connectivity index (χ1) is 7.50. The summed E-state index contributed by atoms with van der Waals surface area (Å²) in [5.41, 5.74) is 1.01. The standard InChI is InChI=1S/C12H14N2S2/c1-12(2)10(15)14(11(16)13-12)8-9-6-4-3-5-7-9/h3-7H,8H2,1-2H3,(H,13,16).